The fourth-order valence-electron chi connectivity index (χ4n) is 2.80. The monoisotopic (exact) mass is 288 g/mol. The smallest absolute Gasteiger partial charge is 0.137 e. The molecule has 0 bridgehead atoms. The summed E-state index contributed by atoms with van der Waals surface area (Å²) in [5.74, 6) is 0.0372. The van der Waals surface area contributed by atoms with Gasteiger partial charge in [0.1, 0.15) is 11.6 Å². The minimum Gasteiger partial charge on any atom is -0.299 e. The minimum absolute atomic E-state index is 0.237. The van der Waals surface area contributed by atoms with Gasteiger partial charge in [-0.25, -0.2) is 4.39 Å². The maximum absolute atomic E-state index is 13.3. The SMILES string of the molecule is O=C1CCc2c(ccc(Cl)c2Cc2cccc(F)c2)C1. The second kappa shape index (κ2) is 5.37. The van der Waals surface area contributed by atoms with E-state index < -0.39 is 0 Å². The van der Waals surface area contributed by atoms with Gasteiger partial charge in [-0.2, -0.15) is 0 Å². The van der Waals surface area contributed by atoms with Crippen molar-refractivity contribution in [3.8, 4) is 0 Å². The first kappa shape index (κ1) is 13.3. The Bertz CT molecular complexity index is 679. The fraction of sp³-hybridized carbons (Fsp3) is 0.235. The quantitative estimate of drug-likeness (QED) is 0.812. The summed E-state index contributed by atoms with van der Waals surface area (Å²) in [6.07, 6.45) is 2.40. The summed E-state index contributed by atoms with van der Waals surface area (Å²) >= 11 is 6.31. The highest BCUT2D eigenvalue weighted by molar-refractivity contribution is 6.31. The summed E-state index contributed by atoms with van der Waals surface area (Å²) in [6, 6.07) is 10.3. The Balaban J connectivity index is 2.01. The molecule has 0 saturated carbocycles. The number of ketones is 1. The third-order valence-electron chi connectivity index (χ3n) is 3.78. The van der Waals surface area contributed by atoms with Crippen molar-refractivity contribution in [2.24, 2.45) is 0 Å². The normalized spacial score (nSPS) is 14.2. The van der Waals surface area contributed by atoms with Gasteiger partial charge in [0.25, 0.3) is 0 Å². The van der Waals surface area contributed by atoms with E-state index in [0.29, 0.717) is 24.3 Å². The third kappa shape index (κ3) is 2.61. The molecule has 0 N–H and O–H groups in total. The van der Waals surface area contributed by atoms with E-state index in [2.05, 4.69) is 0 Å². The molecular formula is C17H14ClFO. The van der Waals surface area contributed by atoms with Crippen LogP contribution in [-0.2, 0) is 24.1 Å². The van der Waals surface area contributed by atoms with Crippen LogP contribution >= 0.6 is 11.6 Å². The Labute approximate surface area is 122 Å². The number of Topliss-reactive ketones (excluding diaryl/α,β-unsaturated/α-hetero) is 1. The number of fused-ring (bicyclic) bond motifs is 1. The number of hydrogen-bond donors (Lipinski definition) is 0. The predicted octanol–water partition coefficient (Wildman–Crippen LogP) is 4.13. The van der Waals surface area contributed by atoms with Crippen molar-refractivity contribution in [2.45, 2.75) is 25.7 Å². The Morgan fingerprint density at radius 1 is 1.15 bits per heavy atom. The van der Waals surface area contributed by atoms with Crippen LogP contribution in [0.1, 0.15) is 28.7 Å². The molecule has 0 amide bonds. The van der Waals surface area contributed by atoms with Gasteiger partial charge in [-0.3, -0.25) is 4.79 Å². The molecule has 3 rings (SSSR count). The van der Waals surface area contributed by atoms with Gasteiger partial charge < -0.3 is 0 Å². The van der Waals surface area contributed by atoms with E-state index in [9.17, 15) is 9.18 Å². The molecule has 0 fully saturated rings. The van der Waals surface area contributed by atoms with E-state index in [1.165, 1.54) is 17.7 Å². The topological polar surface area (TPSA) is 17.1 Å². The lowest BCUT2D eigenvalue weighted by molar-refractivity contribution is -0.118. The zero-order chi connectivity index (χ0) is 14.1. The van der Waals surface area contributed by atoms with E-state index in [4.69, 9.17) is 11.6 Å². The Hall–Kier alpha value is -1.67. The maximum atomic E-state index is 13.3. The first-order valence-electron chi connectivity index (χ1n) is 6.69. The summed E-state index contributed by atoms with van der Waals surface area (Å²) in [6.45, 7) is 0. The average molecular weight is 289 g/mol. The average Bonchev–Trinajstić information content (AvgIpc) is 2.42. The minimum atomic E-state index is -0.237. The third-order valence-corrected chi connectivity index (χ3v) is 4.14. The number of benzene rings is 2. The van der Waals surface area contributed by atoms with E-state index in [1.54, 1.807) is 6.07 Å². The number of rotatable bonds is 2. The van der Waals surface area contributed by atoms with Gasteiger partial charge >= 0.3 is 0 Å². The molecular weight excluding hydrogens is 275 g/mol. The van der Waals surface area contributed by atoms with Gasteiger partial charge in [0, 0.05) is 17.9 Å². The first-order chi connectivity index (χ1) is 9.63. The number of hydrogen-bond acceptors (Lipinski definition) is 1. The van der Waals surface area contributed by atoms with Crippen molar-refractivity contribution in [3.05, 3.63) is 69.5 Å². The van der Waals surface area contributed by atoms with Crippen molar-refractivity contribution in [2.75, 3.05) is 0 Å². The molecule has 20 heavy (non-hydrogen) atoms. The molecule has 0 atom stereocenters. The van der Waals surface area contributed by atoms with Crippen molar-refractivity contribution < 1.29 is 9.18 Å². The van der Waals surface area contributed by atoms with Crippen molar-refractivity contribution >= 4 is 17.4 Å². The van der Waals surface area contributed by atoms with Gasteiger partial charge in [0.05, 0.1) is 0 Å². The molecule has 0 aliphatic heterocycles. The molecule has 2 aromatic rings. The van der Waals surface area contributed by atoms with Gasteiger partial charge in [-0.15, -0.1) is 0 Å². The Morgan fingerprint density at radius 2 is 2.00 bits per heavy atom. The van der Waals surface area contributed by atoms with Crippen LogP contribution in [0.25, 0.3) is 0 Å². The second-order valence-electron chi connectivity index (χ2n) is 5.19. The first-order valence-corrected chi connectivity index (χ1v) is 7.06. The van der Waals surface area contributed by atoms with E-state index in [1.807, 2.05) is 18.2 Å². The maximum Gasteiger partial charge on any atom is 0.137 e. The molecule has 0 unspecified atom stereocenters. The van der Waals surface area contributed by atoms with Crippen LogP contribution in [-0.4, -0.2) is 5.78 Å². The van der Waals surface area contributed by atoms with Crippen LogP contribution in [0, 0.1) is 5.82 Å². The Kier molecular flexibility index (Phi) is 3.58. The molecule has 1 aliphatic carbocycles. The highest BCUT2D eigenvalue weighted by Crippen LogP contribution is 2.30. The van der Waals surface area contributed by atoms with Crippen LogP contribution in [0.4, 0.5) is 4.39 Å². The number of carbonyl (C=O) groups is 1. The largest absolute Gasteiger partial charge is 0.299 e. The number of halogens is 2. The molecule has 1 aliphatic rings. The summed E-state index contributed by atoms with van der Waals surface area (Å²) in [5, 5.41) is 0.697. The summed E-state index contributed by atoms with van der Waals surface area (Å²) < 4.78 is 13.3. The van der Waals surface area contributed by atoms with Crippen LogP contribution in [0.2, 0.25) is 5.02 Å². The lowest BCUT2D eigenvalue weighted by atomic mass is 9.85. The fourth-order valence-corrected chi connectivity index (χ4v) is 3.04. The van der Waals surface area contributed by atoms with Crippen molar-refractivity contribution in [3.63, 3.8) is 0 Å². The molecule has 3 heteroatoms. The Morgan fingerprint density at radius 3 is 2.80 bits per heavy atom. The van der Waals surface area contributed by atoms with Gasteiger partial charge in [0.15, 0.2) is 0 Å². The zero-order valence-electron chi connectivity index (χ0n) is 11.0. The standard InChI is InChI=1S/C17H14ClFO/c18-17-7-4-12-10-14(20)5-6-15(12)16(17)9-11-2-1-3-13(19)8-11/h1-4,7-8H,5-6,9-10H2. The number of carbonyl (C=O) groups excluding carboxylic acids is 1. The summed E-state index contributed by atoms with van der Waals surface area (Å²) in [5.41, 5.74) is 4.16. The highest BCUT2D eigenvalue weighted by Gasteiger charge is 2.20. The van der Waals surface area contributed by atoms with E-state index >= 15 is 0 Å². The molecule has 1 nitrogen and oxygen atoms in total. The zero-order valence-corrected chi connectivity index (χ0v) is 11.7. The van der Waals surface area contributed by atoms with Crippen LogP contribution in [0.3, 0.4) is 0 Å². The van der Waals surface area contributed by atoms with Crippen molar-refractivity contribution in [1.29, 1.82) is 0 Å². The lowest BCUT2D eigenvalue weighted by Gasteiger charge is -2.20. The van der Waals surface area contributed by atoms with Gasteiger partial charge in [-0.05, 0) is 53.3 Å². The van der Waals surface area contributed by atoms with Crippen LogP contribution in [0.5, 0.6) is 0 Å². The molecule has 102 valence electrons. The van der Waals surface area contributed by atoms with E-state index in [-0.39, 0.29) is 11.6 Å². The molecule has 0 aromatic heterocycles. The summed E-state index contributed by atoms with van der Waals surface area (Å²) in [4.78, 5) is 11.5. The molecule has 0 saturated heterocycles. The highest BCUT2D eigenvalue weighted by atomic mass is 35.5. The van der Waals surface area contributed by atoms with E-state index in [0.717, 1.165) is 23.1 Å². The van der Waals surface area contributed by atoms with Crippen molar-refractivity contribution in [1.82, 2.24) is 0 Å². The summed E-state index contributed by atoms with van der Waals surface area (Å²) in [7, 11) is 0. The molecule has 0 spiro atoms. The molecule has 2 aromatic carbocycles. The van der Waals surface area contributed by atoms with Crippen LogP contribution in [0.15, 0.2) is 36.4 Å². The lowest BCUT2D eigenvalue weighted by Crippen LogP contribution is -2.15. The van der Waals surface area contributed by atoms with Gasteiger partial charge in [-0.1, -0.05) is 29.8 Å². The molecule has 0 heterocycles. The van der Waals surface area contributed by atoms with Gasteiger partial charge in [0.2, 0.25) is 0 Å². The molecule has 0 radical (unpaired) electrons. The van der Waals surface area contributed by atoms with Crippen LogP contribution < -0.4 is 0 Å². The predicted molar refractivity (Wildman–Crippen MR) is 77.7 cm³/mol. The second-order valence-corrected chi connectivity index (χ2v) is 5.59.